The molecule has 128 valence electrons. The zero-order chi connectivity index (χ0) is 17.7. The number of para-hydroxylation sites is 1. The average Bonchev–Trinajstić information content (AvgIpc) is 2.53. The number of carbonyl (C=O) groups excluding carboxylic acids is 1. The van der Waals surface area contributed by atoms with Gasteiger partial charge in [-0.05, 0) is 37.6 Å². The molecular formula is C18H22N2O3S. The molecule has 0 aromatic heterocycles. The number of aryl methyl sites for hydroxylation is 1. The van der Waals surface area contributed by atoms with Crippen LogP contribution in [0.15, 0.2) is 54.6 Å². The van der Waals surface area contributed by atoms with Crippen LogP contribution < -0.4 is 9.62 Å². The van der Waals surface area contributed by atoms with Crippen LogP contribution in [0.5, 0.6) is 0 Å². The lowest BCUT2D eigenvalue weighted by molar-refractivity contribution is -0.117. The van der Waals surface area contributed by atoms with Crippen LogP contribution in [0.3, 0.4) is 0 Å². The number of amides is 1. The second-order valence-electron chi connectivity index (χ2n) is 5.67. The smallest absolute Gasteiger partial charge is 0.248 e. The van der Waals surface area contributed by atoms with Gasteiger partial charge in [0.25, 0.3) is 0 Å². The van der Waals surface area contributed by atoms with Crippen molar-refractivity contribution in [1.82, 2.24) is 0 Å². The zero-order valence-corrected chi connectivity index (χ0v) is 14.9. The fraction of sp³-hybridized carbons (Fsp3) is 0.278. The Kier molecular flexibility index (Phi) is 5.62. The van der Waals surface area contributed by atoms with E-state index in [4.69, 9.17) is 0 Å². The van der Waals surface area contributed by atoms with Gasteiger partial charge in [0.2, 0.25) is 15.9 Å². The zero-order valence-electron chi connectivity index (χ0n) is 14.1. The Morgan fingerprint density at radius 1 is 1.08 bits per heavy atom. The highest BCUT2D eigenvalue weighted by Gasteiger charge is 2.31. The third kappa shape index (κ3) is 4.35. The second kappa shape index (κ2) is 7.49. The summed E-state index contributed by atoms with van der Waals surface area (Å²) < 4.78 is 25.8. The molecule has 0 aliphatic carbocycles. The van der Waals surface area contributed by atoms with Gasteiger partial charge in [-0.1, -0.05) is 42.8 Å². The lowest BCUT2D eigenvalue weighted by Crippen LogP contribution is -2.47. The predicted octanol–water partition coefficient (Wildman–Crippen LogP) is 3.18. The van der Waals surface area contributed by atoms with E-state index in [1.165, 1.54) is 4.31 Å². The summed E-state index contributed by atoms with van der Waals surface area (Å²) in [5, 5.41) is 2.78. The Balaban J connectivity index is 2.35. The molecule has 5 nitrogen and oxygen atoms in total. The number of hydrogen-bond acceptors (Lipinski definition) is 3. The van der Waals surface area contributed by atoms with E-state index >= 15 is 0 Å². The van der Waals surface area contributed by atoms with Crippen LogP contribution in [0.2, 0.25) is 0 Å². The highest BCUT2D eigenvalue weighted by Crippen LogP contribution is 2.23. The van der Waals surface area contributed by atoms with Gasteiger partial charge in [-0.25, -0.2) is 8.42 Å². The van der Waals surface area contributed by atoms with Crippen LogP contribution >= 0.6 is 0 Å². The van der Waals surface area contributed by atoms with E-state index in [0.29, 0.717) is 17.8 Å². The molecule has 1 N–H and O–H groups in total. The number of nitrogens with one attached hydrogen (secondary N) is 1. The van der Waals surface area contributed by atoms with Crippen molar-refractivity contribution in [2.45, 2.75) is 26.3 Å². The molecule has 2 rings (SSSR count). The minimum absolute atomic E-state index is 0.352. The first-order chi connectivity index (χ1) is 11.3. The Morgan fingerprint density at radius 2 is 1.67 bits per heavy atom. The van der Waals surface area contributed by atoms with Gasteiger partial charge in [-0.3, -0.25) is 9.10 Å². The van der Waals surface area contributed by atoms with Crippen molar-refractivity contribution in [1.29, 1.82) is 0 Å². The number of hydrogen-bond donors (Lipinski definition) is 1. The molecule has 0 aliphatic rings. The summed E-state index contributed by atoms with van der Waals surface area (Å²) in [7, 11) is -3.61. The lowest BCUT2D eigenvalue weighted by atomic mass is 10.1. The van der Waals surface area contributed by atoms with E-state index in [1.807, 2.05) is 37.3 Å². The van der Waals surface area contributed by atoms with Crippen LogP contribution in [0.4, 0.5) is 11.4 Å². The van der Waals surface area contributed by atoms with Crippen molar-refractivity contribution in [2.75, 3.05) is 15.9 Å². The third-order valence-corrected chi connectivity index (χ3v) is 4.84. The molecule has 2 aromatic carbocycles. The molecule has 2 aromatic rings. The topological polar surface area (TPSA) is 66.5 Å². The summed E-state index contributed by atoms with van der Waals surface area (Å²) in [6.45, 7) is 3.72. The van der Waals surface area contributed by atoms with Crippen LogP contribution in [0.1, 0.15) is 18.9 Å². The molecule has 6 heteroatoms. The van der Waals surface area contributed by atoms with Gasteiger partial charge in [-0.2, -0.15) is 0 Å². The molecule has 24 heavy (non-hydrogen) atoms. The van der Waals surface area contributed by atoms with Crippen LogP contribution in [-0.4, -0.2) is 26.6 Å². The Labute approximate surface area is 143 Å². The molecule has 0 radical (unpaired) electrons. The van der Waals surface area contributed by atoms with Crippen molar-refractivity contribution < 1.29 is 13.2 Å². The molecule has 0 bridgehead atoms. The van der Waals surface area contributed by atoms with Crippen LogP contribution in [-0.2, 0) is 14.8 Å². The van der Waals surface area contributed by atoms with Gasteiger partial charge < -0.3 is 5.32 Å². The summed E-state index contributed by atoms with van der Waals surface area (Å²) in [5.41, 5.74) is 2.14. The quantitative estimate of drug-likeness (QED) is 0.873. The number of anilines is 2. The number of benzene rings is 2. The molecule has 0 spiro atoms. The van der Waals surface area contributed by atoms with Crippen molar-refractivity contribution in [3.05, 3.63) is 60.2 Å². The maximum Gasteiger partial charge on any atom is 0.248 e. The number of carbonyl (C=O) groups is 1. The second-order valence-corrected chi connectivity index (χ2v) is 7.53. The van der Waals surface area contributed by atoms with E-state index < -0.39 is 16.1 Å². The van der Waals surface area contributed by atoms with E-state index in [9.17, 15) is 13.2 Å². The molecule has 0 heterocycles. The maximum atomic E-state index is 12.7. The van der Waals surface area contributed by atoms with E-state index in [-0.39, 0.29) is 5.91 Å². The maximum absolute atomic E-state index is 12.7. The summed E-state index contributed by atoms with van der Waals surface area (Å²) in [6.07, 6.45) is 1.48. The molecular weight excluding hydrogens is 324 g/mol. The van der Waals surface area contributed by atoms with Crippen LogP contribution in [0.25, 0.3) is 0 Å². The van der Waals surface area contributed by atoms with Crippen molar-refractivity contribution in [3.63, 3.8) is 0 Å². The molecule has 1 amide bonds. The normalized spacial score (nSPS) is 12.5. The van der Waals surface area contributed by atoms with Gasteiger partial charge in [0.1, 0.15) is 6.04 Å². The van der Waals surface area contributed by atoms with Gasteiger partial charge in [0.05, 0.1) is 11.9 Å². The van der Waals surface area contributed by atoms with E-state index in [0.717, 1.165) is 11.8 Å². The summed E-state index contributed by atoms with van der Waals surface area (Å²) in [6, 6.07) is 15.3. The summed E-state index contributed by atoms with van der Waals surface area (Å²) >= 11 is 0. The van der Waals surface area contributed by atoms with Gasteiger partial charge in [0, 0.05) is 5.69 Å². The van der Waals surface area contributed by atoms with Crippen LogP contribution in [0, 0.1) is 6.92 Å². The van der Waals surface area contributed by atoms with Gasteiger partial charge >= 0.3 is 0 Å². The molecule has 0 unspecified atom stereocenters. The minimum Gasteiger partial charge on any atom is -0.324 e. The number of rotatable bonds is 6. The van der Waals surface area contributed by atoms with Crippen molar-refractivity contribution in [2.24, 2.45) is 0 Å². The molecule has 0 fully saturated rings. The molecule has 0 aliphatic heterocycles. The fourth-order valence-corrected chi connectivity index (χ4v) is 3.71. The van der Waals surface area contributed by atoms with Crippen molar-refractivity contribution >= 4 is 27.3 Å². The highest BCUT2D eigenvalue weighted by atomic mass is 32.2. The summed E-state index contributed by atoms with van der Waals surface area (Å²) in [5.74, 6) is -0.352. The number of nitrogens with zero attached hydrogens (tertiary/aromatic N) is 1. The molecule has 0 saturated heterocycles. The first-order valence-electron chi connectivity index (χ1n) is 7.75. The van der Waals surface area contributed by atoms with Crippen molar-refractivity contribution in [3.8, 4) is 0 Å². The third-order valence-electron chi connectivity index (χ3n) is 3.66. The first kappa shape index (κ1) is 18.0. The average molecular weight is 346 g/mol. The first-order valence-corrected chi connectivity index (χ1v) is 9.59. The standard InChI is InChI=1S/C18H22N2O3S/c1-4-17(18(21)19-15-8-6-5-7-9-15)20(24(3,22)23)16-12-10-14(2)11-13-16/h5-13,17H,4H2,1-3H3,(H,19,21)/t17-/m0/s1. The molecule has 0 saturated carbocycles. The SMILES string of the molecule is CC[C@@H](C(=O)Nc1ccccc1)N(c1ccc(C)cc1)S(C)(=O)=O. The van der Waals surface area contributed by atoms with E-state index in [2.05, 4.69) is 5.32 Å². The summed E-state index contributed by atoms with van der Waals surface area (Å²) in [4.78, 5) is 12.7. The fourth-order valence-electron chi connectivity index (χ4n) is 2.50. The predicted molar refractivity (Wildman–Crippen MR) is 97.7 cm³/mol. The van der Waals surface area contributed by atoms with Gasteiger partial charge in [-0.15, -0.1) is 0 Å². The lowest BCUT2D eigenvalue weighted by Gasteiger charge is -2.30. The minimum atomic E-state index is -3.61. The number of sulfonamides is 1. The molecule has 1 atom stereocenters. The monoisotopic (exact) mass is 346 g/mol. The highest BCUT2D eigenvalue weighted by molar-refractivity contribution is 7.92. The van der Waals surface area contributed by atoms with Gasteiger partial charge in [0.15, 0.2) is 0 Å². The Bertz CT molecular complexity index is 787. The largest absolute Gasteiger partial charge is 0.324 e. The Hall–Kier alpha value is -2.34. The van der Waals surface area contributed by atoms with E-state index in [1.54, 1.807) is 31.2 Å². The Morgan fingerprint density at radius 3 is 2.17 bits per heavy atom.